The molecule has 0 N–H and O–H groups in total. The van der Waals surface area contributed by atoms with Crippen LogP contribution < -0.4 is 9.64 Å². The van der Waals surface area contributed by atoms with Gasteiger partial charge >= 0.3 is 0 Å². The van der Waals surface area contributed by atoms with Crippen LogP contribution in [0, 0.1) is 5.92 Å². The predicted octanol–water partition coefficient (Wildman–Crippen LogP) is 1.77. The van der Waals surface area contributed by atoms with Crippen molar-refractivity contribution in [3.8, 4) is 5.88 Å². The molecule has 2 heterocycles. The Morgan fingerprint density at radius 1 is 1.55 bits per heavy atom. The summed E-state index contributed by atoms with van der Waals surface area (Å²) in [7, 11) is 3.07. The fraction of sp³-hybridized carbons (Fsp3) is 0.455. The summed E-state index contributed by atoms with van der Waals surface area (Å²) in [6.45, 7) is 0.282. The number of halogens is 2. The lowest BCUT2D eigenvalue weighted by molar-refractivity contribution is -0.117. The number of rotatable bonds is 4. The topological polar surface area (TPSA) is 76.6 Å². The molecule has 1 fully saturated rings. The molecule has 0 radical (unpaired) electrons. The number of aromatic nitrogens is 1. The maximum Gasteiger partial charge on any atom is 0.238 e. The molecule has 0 aliphatic carbocycles. The minimum Gasteiger partial charge on any atom is -0.479 e. The highest BCUT2D eigenvalue weighted by Gasteiger charge is 2.34. The summed E-state index contributed by atoms with van der Waals surface area (Å²) in [6.07, 6.45) is 0.144. The fourth-order valence-electron chi connectivity index (χ4n) is 2.17. The first-order valence-corrected chi connectivity index (χ1v) is 9.00. The highest BCUT2D eigenvalue weighted by molar-refractivity contribution is 9.10. The summed E-state index contributed by atoms with van der Waals surface area (Å²) in [6, 6.07) is 3.39. The number of hydrogen-bond acceptors (Lipinski definition) is 5. The average Bonchev–Trinajstić information content (AvgIpc) is 2.67. The van der Waals surface area contributed by atoms with Gasteiger partial charge in [-0.15, -0.1) is 0 Å². The van der Waals surface area contributed by atoms with E-state index in [1.165, 1.54) is 12.0 Å². The Bertz CT molecular complexity index is 637. The molecule has 0 saturated carbocycles. The molecule has 1 aliphatic heterocycles. The van der Waals surface area contributed by atoms with E-state index in [2.05, 4.69) is 20.9 Å². The zero-order valence-electron chi connectivity index (χ0n) is 10.5. The Balaban J connectivity index is 2.24. The van der Waals surface area contributed by atoms with Crippen molar-refractivity contribution in [1.82, 2.24) is 4.98 Å². The minimum absolute atomic E-state index is 0.144. The number of pyridine rings is 1. The standard InChI is InChI=1S/C11H12BrClN2O4S/c1-19-11-8(2-3-9(12)14-11)15-5-7(4-10(15)16)6-20(13,17)18/h2-3,7H,4-6H2,1H3. The lowest BCUT2D eigenvalue weighted by atomic mass is 10.1. The van der Waals surface area contributed by atoms with E-state index in [-0.39, 0.29) is 30.5 Å². The molecule has 1 saturated heterocycles. The third kappa shape index (κ3) is 3.62. The van der Waals surface area contributed by atoms with E-state index in [1.807, 2.05) is 0 Å². The first-order chi connectivity index (χ1) is 9.30. The zero-order chi connectivity index (χ0) is 14.9. The van der Waals surface area contributed by atoms with Crippen LogP contribution in [0.3, 0.4) is 0 Å². The van der Waals surface area contributed by atoms with Crippen molar-refractivity contribution in [2.75, 3.05) is 24.3 Å². The van der Waals surface area contributed by atoms with Gasteiger partial charge in [-0.05, 0) is 28.1 Å². The van der Waals surface area contributed by atoms with Crippen LogP contribution in [-0.4, -0.2) is 38.7 Å². The van der Waals surface area contributed by atoms with E-state index in [1.54, 1.807) is 12.1 Å². The molecule has 1 amide bonds. The van der Waals surface area contributed by atoms with Crippen molar-refractivity contribution < 1.29 is 17.9 Å². The van der Waals surface area contributed by atoms with Crippen LogP contribution in [0.4, 0.5) is 5.69 Å². The number of anilines is 1. The predicted molar refractivity (Wildman–Crippen MR) is 78.6 cm³/mol. The molecule has 1 aromatic rings. The second-order valence-corrected chi connectivity index (χ2v) is 8.08. The van der Waals surface area contributed by atoms with Crippen molar-refractivity contribution in [2.45, 2.75) is 6.42 Å². The molecule has 0 spiro atoms. The van der Waals surface area contributed by atoms with Gasteiger partial charge in [0.2, 0.25) is 20.8 Å². The number of hydrogen-bond donors (Lipinski definition) is 0. The third-order valence-electron chi connectivity index (χ3n) is 2.93. The number of nitrogens with zero attached hydrogens (tertiary/aromatic N) is 2. The monoisotopic (exact) mass is 382 g/mol. The van der Waals surface area contributed by atoms with Crippen molar-refractivity contribution in [2.24, 2.45) is 5.92 Å². The van der Waals surface area contributed by atoms with E-state index >= 15 is 0 Å². The smallest absolute Gasteiger partial charge is 0.238 e. The maximum absolute atomic E-state index is 12.0. The molecular formula is C11H12BrClN2O4S. The number of carbonyl (C=O) groups is 1. The lowest BCUT2D eigenvalue weighted by Crippen LogP contribution is -2.26. The highest BCUT2D eigenvalue weighted by atomic mass is 79.9. The van der Waals surface area contributed by atoms with Crippen LogP contribution >= 0.6 is 26.6 Å². The summed E-state index contributed by atoms with van der Waals surface area (Å²) < 4.78 is 27.9. The van der Waals surface area contributed by atoms with E-state index in [0.717, 1.165) is 0 Å². The van der Waals surface area contributed by atoms with Gasteiger partial charge in [-0.3, -0.25) is 4.79 Å². The Kier molecular flexibility index (Phi) is 4.55. The first-order valence-electron chi connectivity index (χ1n) is 5.73. The SMILES string of the molecule is COc1nc(Br)ccc1N1CC(CS(=O)(=O)Cl)CC1=O. The van der Waals surface area contributed by atoms with Crippen LogP contribution in [0.1, 0.15) is 6.42 Å². The molecule has 20 heavy (non-hydrogen) atoms. The quantitative estimate of drug-likeness (QED) is 0.585. The van der Waals surface area contributed by atoms with Crippen LogP contribution in [0.25, 0.3) is 0 Å². The van der Waals surface area contributed by atoms with Gasteiger partial charge in [0.25, 0.3) is 0 Å². The molecule has 9 heteroatoms. The van der Waals surface area contributed by atoms with Gasteiger partial charge in [0.15, 0.2) is 0 Å². The lowest BCUT2D eigenvalue weighted by Gasteiger charge is -2.18. The summed E-state index contributed by atoms with van der Waals surface area (Å²) >= 11 is 3.22. The zero-order valence-corrected chi connectivity index (χ0v) is 13.7. The highest BCUT2D eigenvalue weighted by Crippen LogP contribution is 2.33. The molecule has 0 aromatic carbocycles. The molecular weight excluding hydrogens is 372 g/mol. The Morgan fingerprint density at radius 3 is 2.85 bits per heavy atom. The van der Waals surface area contributed by atoms with Crippen molar-refractivity contribution >= 4 is 47.3 Å². The summed E-state index contributed by atoms with van der Waals surface area (Å²) in [4.78, 5) is 17.6. The minimum atomic E-state index is -3.62. The van der Waals surface area contributed by atoms with Crippen molar-refractivity contribution in [1.29, 1.82) is 0 Å². The molecule has 110 valence electrons. The van der Waals surface area contributed by atoms with Crippen LogP contribution in [0.15, 0.2) is 16.7 Å². The fourth-order valence-corrected chi connectivity index (χ4v) is 3.79. The molecule has 6 nitrogen and oxygen atoms in total. The molecule has 1 atom stereocenters. The number of methoxy groups -OCH3 is 1. The van der Waals surface area contributed by atoms with Gasteiger partial charge in [-0.2, -0.15) is 0 Å². The first kappa shape index (κ1) is 15.5. The number of ether oxygens (including phenoxy) is 1. The molecule has 2 rings (SSSR count). The van der Waals surface area contributed by atoms with E-state index in [9.17, 15) is 13.2 Å². The average molecular weight is 384 g/mol. The second-order valence-electron chi connectivity index (χ2n) is 4.44. The van der Waals surface area contributed by atoms with E-state index in [4.69, 9.17) is 15.4 Å². The van der Waals surface area contributed by atoms with Crippen molar-refractivity contribution in [3.63, 3.8) is 0 Å². The van der Waals surface area contributed by atoms with Gasteiger partial charge in [0.1, 0.15) is 10.3 Å². The van der Waals surface area contributed by atoms with Crippen LogP contribution in [0.5, 0.6) is 5.88 Å². The summed E-state index contributed by atoms with van der Waals surface area (Å²) in [5, 5.41) is 0. The Hall–Kier alpha value is -0.860. The van der Waals surface area contributed by atoms with Gasteiger partial charge in [0.05, 0.1) is 12.9 Å². The van der Waals surface area contributed by atoms with Gasteiger partial charge in [-0.25, -0.2) is 13.4 Å². The Morgan fingerprint density at radius 2 is 2.25 bits per heavy atom. The molecule has 1 aliphatic rings. The van der Waals surface area contributed by atoms with E-state index in [0.29, 0.717) is 16.2 Å². The largest absolute Gasteiger partial charge is 0.479 e. The molecule has 0 bridgehead atoms. The van der Waals surface area contributed by atoms with E-state index < -0.39 is 9.05 Å². The number of carbonyl (C=O) groups excluding carboxylic acids is 1. The maximum atomic E-state index is 12.0. The van der Waals surface area contributed by atoms with Crippen LogP contribution in [0.2, 0.25) is 0 Å². The van der Waals surface area contributed by atoms with Gasteiger partial charge in [0, 0.05) is 29.6 Å². The molecule has 1 aromatic heterocycles. The molecule has 1 unspecified atom stereocenters. The summed E-state index contributed by atoms with van der Waals surface area (Å²) in [5.74, 6) is -0.401. The van der Waals surface area contributed by atoms with Crippen LogP contribution in [-0.2, 0) is 13.8 Å². The van der Waals surface area contributed by atoms with Crippen molar-refractivity contribution in [3.05, 3.63) is 16.7 Å². The third-order valence-corrected chi connectivity index (χ3v) is 4.62. The second kappa shape index (κ2) is 5.87. The summed E-state index contributed by atoms with van der Waals surface area (Å²) in [5.41, 5.74) is 0.523. The Labute approximate surface area is 129 Å². The van der Waals surface area contributed by atoms with Gasteiger partial charge in [-0.1, -0.05) is 0 Å². The number of amides is 1. The van der Waals surface area contributed by atoms with Gasteiger partial charge < -0.3 is 9.64 Å². The normalized spacial score (nSPS) is 19.4.